The number of carbonyl (C=O) groups is 5. The number of aromatic nitrogens is 3. The van der Waals surface area contributed by atoms with E-state index in [2.05, 4.69) is 64.0 Å². The van der Waals surface area contributed by atoms with Crippen molar-refractivity contribution < 1.29 is 24.0 Å². The normalized spacial score (nSPS) is 21.6. The van der Waals surface area contributed by atoms with E-state index in [1.807, 2.05) is 164 Å². The fourth-order valence-corrected chi connectivity index (χ4v) is 15.1. The number of imidazole rings is 1. The molecule has 100 heavy (non-hydrogen) atoms. The number of hydrogen-bond donors (Lipinski definition) is 6. The van der Waals surface area contributed by atoms with Crippen molar-refractivity contribution in [3.05, 3.63) is 223 Å². The Balaban J connectivity index is 0.000000137. The second-order valence-corrected chi connectivity index (χ2v) is 28.8. The quantitative estimate of drug-likeness (QED) is 0.0665. The highest BCUT2D eigenvalue weighted by atomic mass is 79.9. The number of rotatable bonds is 12. The fraction of sp³-hybridized carbons (Fsp3) is 0.270. The number of thiophene rings is 2. The first kappa shape index (κ1) is 70.4. The third-order valence-electron chi connectivity index (χ3n) is 18.5. The molecular formula is C74H77BrN18O5S2. The number of nitriles is 1. The number of guanidine groups is 4. The molecule has 1 saturated carbocycles. The maximum Gasteiger partial charge on any atom is 0.319 e. The minimum absolute atomic E-state index is 0.0288. The van der Waals surface area contributed by atoms with Gasteiger partial charge in [-0.2, -0.15) is 5.26 Å². The Morgan fingerprint density at radius 3 is 1.96 bits per heavy atom. The number of fused-ring (bicyclic) bond motifs is 1. The van der Waals surface area contributed by atoms with Crippen LogP contribution in [0.2, 0.25) is 0 Å². The molecule has 10 N–H and O–H groups in total. The Morgan fingerprint density at radius 1 is 0.660 bits per heavy atom. The molecule has 5 aliphatic rings. The van der Waals surface area contributed by atoms with Crippen LogP contribution in [0.4, 0.5) is 10.5 Å². The molecule has 23 nitrogen and oxygen atoms in total. The second-order valence-electron chi connectivity index (χ2n) is 26.1. The average molecular weight is 1440 g/mol. The highest BCUT2D eigenvalue weighted by molar-refractivity contribution is 9.10. The monoisotopic (exact) mass is 1440 g/mol. The number of hydrogen-bond acceptors (Lipinski definition) is 18. The van der Waals surface area contributed by atoms with Gasteiger partial charge in [-0.15, -0.1) is 22.7 Å². The molecule has 5 aromatic carbocycles. The predicted molar refractivity (Wildman–Crippen MR) is 396 cm³/mol. The summed E-state index contributed by atoms with van der Waals surface area (Å²) in [6.45, 7) is 10.1. The number of benzene rings is 5. The second kappa shape index (κ2) is 28.9. The Bertz CT molecular complexity index is 4740. The summed E-state index contributed by atoms with van der Waals surface area (Å²) in [5.41, 5.74) is 29.0. The van der Waals surface area contributed by atoms with Gasteiger partial charge in [0.1, 0.15) is 16.6 Å². The van der Waals surface area contributed by atoms with E-state index >= 15 is 0 Å². The van der Waals surface area contributed by atoms with Crippen molar-refractivity contribution in [1.29, 1.82) is 5.26 Å². The van der Waals surface area contributed by atoms with E-state index in [9.17, 15) is 24.0 Å². The number of nitrogens with two attached hydrogens (primary N) is 4. The van der Waals surface area contributed by atoms with Crippen molar-refractivity contribution in [3.63, 3.8) is 0 Å². The Hall–Kier alpha value is -10.9. The first-order valence-corrected chi connectivity index (χ1v) is 34.7. The van der Waals surface area contributed by atoms with Gasteiger partial charge >= 0.3 is 6.03 Å². The van der Waals surface area contributed by atoms with Gasteiger partial charge in [0.15, 0.2) is 23.8 Å². The van der Waals surface area contributed by atoms with E-state index in [1.165, 1.54) is 19.6 Å². The maximum atomic E-state index is 13.2. The SMILES string of the molecule is CC1(C)N=C(N)N(Cc2ccc(CNC(=O)Nc3ccc4ccccc4c3)cc2)C1=O.CN1C(=O)C(c2ccc(-n3ccnc3)cc2)[C@@](C)(c2cc(Br)cs2)N=C1N.CN1C(=O)C[C@@](C)(c2cccnc2)N=C1N.CN1C(=O)[C@H](C2CC2)[C@@](C)(c2cc(-c3cccc(C#N)c3)cs2)N=C1N. The van der Waals surface area contributed by atoms with Crippen LogP contribution in [0.25, 0.3) is 27.6 Å². The molecule has 26 heteroatoms. The lowest BCUT2D eigenvalue weighted by Gasteiger charge is -2.40. The number of urea groups is 1. The predicted octanol–water partition coefficient (Wildman–Crippen LogP) is 10.9. The van der Waals surface area contributed by atoms with Gasteiger partial charge < -0.3 is 38.1 Å². The van der Waals surface area contributed by atoms with Crippen molar-refractivity contribution >= 4 is 109 Å². The van der Waals surface area contributed by atoms with Crippen molar-refractivity contribution in [2.24, 2.45) is 54.7 Å². The largest absolute Gasteiger partial charge is 0.369 e. The summed E-state index contributed by atoms with van der Waals surface area (Å²) in [5, 5.41) is 21.1. The molecule has 9 aromatic rings. The van der Waals surface area contributed by atoms with Gasteiger partial charge in [0.25, 0.3) is 5.91 Å². The van der Waals surface area contributed by atoms with Crippen LogP contribution in [0, 0.1) is 23.2 Å². The molecule has 5 atom stereocenters. The summed E-state index contributed by atoms with van der Waals surface area (Å²) in [6, 6.07) is 46.7. The molecule has 0 radical (unpaired) electrons. The molecule has 4 aromatic heterocycles. The molecule has 512 valence electrons. The van der Waals surface area contributed by atoms with Crippen LogP contribution < -0.4 is 33.6 Å². The van der Waals surface area contributed by atoms with Crippen LogP contribution in [-0.4, -0.2) is 114 Å². The minimum Gasteiger partial charge on any atom is -0.369 e. The lowest BCUT2D eigenvalue weighted by atomic mass is 9.77. The zero-order valence-corrected chi connectivity index (χ0v) is 59.7. The van der Waals surface area contributed by atoms with E-state index in [4.69, 9.17) is 38.2 Å². The van der Waals surface area contributed by atoms with E-state index in [1.54, 1.807) is 88.6 Å². The third-order valence-corrected chi connectivity index (χ3v) is 21.5. The lowest BCUT2D eigenvalue weighted by Crippen LogP contribution is -2.54. The number of pyridine rings is 1. The van der Waals surface area contributed by atoms with Crippen LogP contribution >= 0.6 is 38.6 Å². The summed E-state index contributed by atoms with van der Waals surface area (Å²) >= 11 is 6.67. The zero-order valence-electron chi connectivity index (χ0n) is 56.5. The molecule has 6 amide bonds. The summed E-state index contributed by atoms with van der Waals surface area (Å²) in [6.07, 6.45) is 11.2. The average Bonchev–Trinajstić information content (AvgIpc) is 1.17. The first-order chi connectivity index (χ1) is 47.7. The van der Waals surface area contributed by atoms with Gasteiger partial charge in [-0.1, -0.05) is 84.9 Å². The van der Waals surface area contributed by atoms with E-state index < -0.39 is 28.1 Å². The number of aliphatic imine (C=N–C) groups is 4. The fourth-order valence-electron chi connectivity index (χ4n) is 12.5. The topological polar surface area (TPSA) is 330 Å². The summed E-state index contributed by atoms with van der Waals surface area (Å²) < 4.78 is 2.89. The van der Waals surface area contributed by atoms with Gasteiger partial charge in [-0.3, -0.25) is 43.8 Å². The minimum atomic E-state index is -0.813. The molecular weight excluding hydrogens is 1360 g/mol. The van der Waals surface area contributed by atoms with Gasteiger partial charge in [0.2, 0.25) is 17.7 Å². The number of amides is 6. The number of anilines is 1. The van der Waals surface area contributed by atoms with Crippen molar-refractivity contribution in [1.82, 2.24) is 39.5 Å². The molecule has 0 bridgehead atoms. The Kier molecular flexibility index (Phi) is 20.4. The highest BCUT2D eigenvalue weighted by Gasteiger charge is 2.54. The smallest absolute Gasteiger partial charge is 0.319 e. The summed E-state index contributed by atoms with van der Waals surface area (Å²) in [7, 11) is 4.99. The molecule has 1 unspecified atom stereocenters. The zero-order chi connectivity index (χ0) is 71.4. The number of nitrogens with zero attached hydrogens (tertiary/aromatic N) is 12. The van der Waals surface area contributed by atoms with Gasteiger partial charge in [-0.25, -0.2) is 29.7 Å². The van der Waals surface area contributed by atoms with Crippen LogP contribution in [0.1, 0.15) is 97.4 Å². The number of carbonyl (C=O) groups excluding carboxylic acids is 5. The number of likely N-dealkylation sites (N-methyl/N-ethyl adjacent to an activating group) is 1. The van der Waals surface area contributed by atoms with Crippen LogP contribution in [0.3, 0.4) is 0 Å². The third kappa shape index (κ3) is 15.1. The number of nitrogens with one attached hydrogen (secondary N) is 2. The molecule has 4 aliphatic heterocycles. The molecule has 14 rings (SSSR count). The van der Waals surface area contributed by atoms with Crippen LogP contribution in [0.15, 0.2) is 206 Å². The molecule has 1 aliphatic carbocycles. The highest BCUT2D eigenvalue weighted by Crippen LogP contribution is 2.52. The molecule has 1 fully saturated rings. The molecule has 8 heterocycles. The Morgan fingerprint density at radius 2 is 1.33 bits per heavy atom. The lowest BCUT2D eigenvalue weighted by molar-refractivity contribution is -0.135. The molecule has 0 spiro atoms. The van der Waals surface area contributed by atoms with Crippen LogP contribution in [0.5, 0.6) is 0 Å². The van der Waals surface area contributed by atoms with E-state index in [0.717, 1.165) is 82.6 Å². The Labute approximate surface area is 596 Å². The maximum absolute atomic E-state index is 13.2. The summed E-state index contributed by atoms with van der Waals surface area (Å²) in [5.74, 6) is 0.602. The van der Waals surface area contributed by atoms with E-state index in [0.29, 0.717) is 31.0 Å². The van der Waals surface area contributed by atoms with Crippen molar-refractivity contribution in [2.75, 3.05) is 26.5 Å². The van der Waals surface area contributed by atoms with Crippen molar-refractivity contribution in [3.8, 4) is 22.9 Å². The van der Waals surface area contributed by atoms with Gasteiger partial charge in [-0.05, 0) is 173 Å². The van der Waals surface area contributed by atoms with Crippen molar-refractivity contribution in [2.45, 2.75) is 95.0 Å². The van der Waals surface area contributed by atoms with Crippen LogP contribution in [-0.2, 0) is 48.9 Å². The van der Waals surface area contributed by atoms with E-state index in [-0.39, 0.29) is 59.4 Å². The first-order valence-electron chi connectivity index (χ1n) is 32.2. The number of halogens is 1. The molecule has 0 saturated heterocycles. The standard InChI is InChI=1S/C24H25N5O2.C20H20N4OS.C19H18BrN5OS.C11H14N4O/c1-24(2)21(30)29(22(25)28-24)15-17-9-7-16(8-10-17)14-26-23(31)27-20-12-11-18-5-3-4-6-19(18)13-20;1-20(17(13-6-7-13)18(25)24(2)19(22)23-20)16-9-15(11-26-16)14-5-3-4-12(8-14)10-21;1-19(15-9-13(20)10-27-15)16(17(26)24(2)18(21)23-19)12-3-5-14(6-4-12)25-8-7-22-11-25;1-11(8-4-3-5-13-7-8)6-9(16)15(2)10(12)14-11/h3-13H,14-15H2,1-2H3,(H2,25,28)(H2,26,27,31);3-5,8-9,11,13,17H,6-7H2,1-2H3,(H2,22,23);3-11,16H,1-2H3,(H2,21,23);3-5,7H,6H2,1-2H3,(H2,12,14)/t;17-,20+;16?,19-;11-/m.010/s1. The van der Waals surface area contributed by atoms with Gasteiger partial charge in [0, 0.05) is 83.5 Å². The summed E-state index contributed by atoms with van der Waals surface area (Å²) in [4.78, 5) is 96.5. The van der Waals surface area contributed by atoms with Gasteiger partial charge in [0.05, 0.1) is 48.3 Å².